The van der Waals surface area contributed by atoms with Gasteiger partial charge in [0.15, 0.2) is 0 Å². The first-order valence-corrected chi connectivity index (χ1v) is 8.33. The van der Waals surface area contributed by atoms with E-state index in [4.69, 9.17) is 23.2 Å². The van der Waals surface area contributed by atoms with Crippen molar-refractivity contribution in [1.82, 2.24) is 4.90 Å². The first-order valence-electron chi connectivity index (χ1n) is 7.57. The summed E-state index contributed by atoms with van der Waals surface area (Å²) >= 11 is 11.8. The van der Waals surface area contributed by atoms with Gasteiger partial charge in [-0.25, -0.2) is 0 Å². The van der Waals surface area contributed by atoms with E-state index in [0.717, 1.165) is 5.56 Å². The number of amides is 2. The van der Waals surface area contributed by atoms with Gasteiger partial charge in [-0.2, -0.15) is 0 Å². The van der Waals surface area contributed by atoms with Gasteiger partial charge < -0.3 is 15.1 Å². The number of nitrogens with zero attached hydrogens (tertiary/aromatic N) is 2. The van der Waals surface area contributed by atoms with Gasteiger partial charge in [0.2, 0.25) is 5.91 Å². The van der Waals surface area contributed by atoms with E-state index in [2.05, 4.69) is 15.3 Å². The standard InChI is InChI=1S/C18H17Cl2N3O3/c1-23(11-17(24)22-14-7-8-15(19)16(20)9-14)18(25)13-5-3-12(4-6-13)10-21-26-2/h3-10H,11H2,1-2H3,(H,22,24)/b21-10+. The van der Waals surface area contributed by atoms with Crippen LogP contribution in [0.4, 0.5) is 5.69 Å². The summed E-state index contributed by atoms with van der Waals surface area (Å²) in [5, 5.41) is 7.06. The normalized spacial score (nSPS) is 10.6. The number of hydrogen-bond donors (Lipinski definition) is 1. The van der Waals surface area contributed by atoms with Crippen molar-refractivity contribution >= 4 is 46.9 Å². The number of carbonyl (C=O) groups is 2. The summed E-state index contributed by atoms with van der Waals surface area (Å²) in [6.07, 6.45) is 1.53. The summed E-state index contributed by atoms with van der Waals surface area (Å²) in [7, 11) is 3.00. The molecule has 0 bridgehead atoms. The Morgan fingerprint density at radius 3 is 2.46 bits per heavy atom. The zero-order valence-electron chi connectivity index (χ0n) is 14.2. The van der Waals surface area contributed by atoms with E-state index < -0.39 is 0 Å². The molecule has 0 unspecified atom stereocenters. The van der Waals surface area contributed by atoms with Gasteiger partial charge in [0.1, 0.15) is 7.11 Å². The van der Waals surface area contributed by atoms with Gasteiger partial charge in [-0.1, -0.05) is 40.5 Å². The minimum Gasteiger partial charge on any atom is -0.399 e. The van der Waals surface area contributed by atoms with E-state index in [1.165, 1.54) is 18.2 Å². The lowest BCUT2D eigenvalue weighted by Crippen LogP contribution is -2.34. The average molecular weight is 394 g/mol. The minimum atomic E-state index is -0.344. The first-order chi connectivity index (χ1) is 12.4. The molecule has 0 spiro atoms. The Balaban J connectivity index is 1.96. The molecule has 0 heterocycles. The summed E-state index contributed by atoms with van der Waals surface area (Å²) in [5.74, 6) is -0.618. The molecule has 2 amide bonds. The van der Waals surface area contributed by atoms with Gasteiger partial charge in [0, 0.05) is 18.3 Å². The van der Waals surface area contributed by atoms with Gasteiger partial charge >= 0.3 is 0 Å². The predicted octanol–water partition coefficient (Wildman–Crippen LogP) is 3.68. The van der Waals surface area contributed by atoms with Crippen LogP contribution >= 0.6 is 23.2 Å². The molecule has 0 aliphatic heterocycles. The van der Waals surface area contributed by atoms with Crippen LogP contribution < -0.4 is 5.32 Å². The molecule has 2 aromatic carbocycles. The van der Waals surface area contributed by atoms with Crippen LogP contribution in [0.25, 0.3) is 0 Å². The zero-order valence-corrected chi connectivity index (χ0v) is 15.7. The third-order valence-corrected chi connectivity index (χ3v) is 4.13. The maximum absolute atomic E-state index is 12.4. The summed E-state index contributed by atoms with van der Waals surface area (Å²) < 4.78 is 0. The highest BCUT2D eigenvalue weighted by molar-refractivity contribution is 6.42. The molecule has 136 valence electrons. The molecule has 6 nitrogen and oxygen atoms in total. The fourth-order valence-electron chi connectivity index (χ4n) is 2.11. The average Bonchev–Trinajstić information content (AvgIpc) is 2.62. The summed E-state index contributed by atoms with van der Waals surface area (Å²) in [4.78, 5) is 30.4. The number of carbonyl (C=O) groups excluding carboxylic acids is 2. The quantitative estimate of drug-likeness (QED) is 0.600. The fourth-order valence-corrected chi connectivity index (χ4v) is 2.41. The number of likely N-dealkylation sites (N-methyl/N-ethyl adjacent to an activating group) is 1. The van der Waals surface area contributed by atoms with Gasteiger partial charge in [-0.15, -0.1) is 0 Å². The highest BCUT2D eigenvalue weighted by Crippen LogP contribution is 2.24. The van der Waals surface area contributed by atoms with Gasteiger partial charge in [0.25, 0.3) is 5.91 Å². The molecule has 0 aromatic heterocycles. The molecule has 8 heteroatoms. The predicted molar refractivity (Wildman–Crippen MR) is 103 cm³/mol. The molecule has 2 aromatic rings. The fraction of sp³-hybridized carbons (Fsp3) is 0.167. The minimum absolute atomic E-state index is 0.105. The molecule has 0 saturated heterocycles. The Hall–Kier alpha value is -2.57. The Kier molecular flexibility index (Phi) is 7.00. The van der Waals surface area contributed by atoms with Gasteiger partial charge in [-0.05, 0) is 35.9 Å². The second-order valence-corrected chi connectivity index (χ2v) is 6.19. The first kappa shape index (κ1) is 19.8. The largest absolute Gasteiger partial charge is 0.399 e. The third kappa shape index (κ3) is 5.47. The number of benzene rings is 2. The van der Waals surface area contributed by atoms with Crippen LogP contribution in [0.3, 0.4) is 0 Å². The number of oxime groups is 1. The SMILES string of the molecule is CO/N=C/c1ccc(C(=O)N(C)CC(=O)Nc2ccc(Cl)c(Cl)c2)cc1. The van der Waals surface area contributed by atoms with Crippen molar-refractivity contribution in [3.8, 4) is 0 Å². The number of anilines is 1. The highest BCUT2D eigenvalue weighted by atomic mass is 35.5. The monoisotopic (exact) mass is 393 g/mol. The van der Waals surface area contributed by atoms with Crippen molar-refractivity contribution < 1.29 is 14.4 Å². The Morgan fingerprint density at radius 1 is 1.15 bits per heavy atom. The van der Waals surface area contributed by atoms with Crippen LogP contribution in [0.5, 0.6) is 0 Å². The maximum atomic E-state index is 12.4. The lowest BCUT2D eigenvalue weighted by Gasteiger charge is -2.17. The second kappa shape index (κ2) is 9.22. The van der Waals surface area contributed by atoms with Crippen molar-refractivity contribution in [2.75, 3.05) is 26.0 Å². The molecule has 0 fully saturated rings. The van der Waals surface area contributed by atoms with E-state index in [-0.39, 0.29) is 18.4 Å². The number of rotatable bonds is 6. The van der Waals surface area contributed by atoms with Gasteiger partial charge in [-0.3, -0.25) is 9.59 Å². The van der Waals surface area contributed by atoms with Crippen molar-refractivity contribution in [2.45, 2.75) is 0 Å². The van der Waals surface area contributed by atoms with Crippen LogP contribution in [-0.2, 0) is 9.63 Å². The van der Waals surface area contributed by atoms with E-state index in [0.29, 0.717) is 21.3 Å². The van der Waals surface area contributed by atoms with Gasteiger partial charge in [0.05, 0.1) is 22.8 Å². The zero-order chi connectivity index (χ0) is 19.1. The number of halogens is 2. The van der Waals surface area contributed by atoms with Crippen molar-refractivity contribution in [1.29, 1.82) is 0 Å². The molecule has 0 aliphatic carbocycles. The van der Waals surface area contributed by atoms with Crippen molar-refractivity contribution in [3.63, 3.8) is 0 Å². The maximum Gasteiger partial charge on any atom is 0.254 e. The van der Waals surface area contributed by atoms with E-state index in [9.17, 15) is 9.59 Å². The van der Waals surface area contributed by atoms with Crippen LogP contribution in [0, 0.1) is 0 Å². The van der Waals surface area contributed by atoms with Crippen LogP contribution in [0.15, 0.2) is 47.6 Å². The third-order valence-electron chi connectivity index (χ3n) is 3.40. The van der Waals surface area contributed by atoms with Crippen molar-refractivity contribution in [3.05, 3.63) is 63.6 Å². The lowest BCUT2D eigenvalue weighted by atomic mass is 10.1. The van der Waals surface area contributed by atoms with Crippen LogP contribution in [0.2, 0.25) is 10.0 Å². The van der Waals surface area contributed by atoms with Crippen molar-refractivity contribution in [2.24, 2.45) is 5.16 Å². The smallest absolute Gasteiger partial charge is 0.254 e. The topological polar surface area (TPSA) is 71.0 Å². The Bertz CT molecular complexity index is 823. The molecule has 0 atom stereocenters. The Labute approximate surface area is 161 Å². The lowest BCUT2D eigenvalue weighted by molar-refractivity contribution is -0.116. The van der Waals surface area contributed by atoms with Crippen LogP contribution in [-0.4, -0.2) is 43.6 Å². The molecule has 0 aliphatic rings. The molecule has 0 saturated carbocycles. The number of hydrogen-bond acceptors (Lipinski definition) is 4. The van der Waals surface area contributed by atoms with E-state index >= 15 is 0 Å². The van der Waals surface area contributed by atoms with Crippen LogP contribution in [0.1, 0.15) is 15.9 Å². The molecular formula is C18H17Cl2N3O3. The molecule has 26 heavy (non-hydrogen) atoms. The molecule has 1 N–H and O–H groups in total. The Morgan fingerprint density at radius 2 is 1.85 bits per heavy atom. The summed E-state index contributed by atoms with van der Waals surface area (Å²) in [6, 6.07) is 11.6. The van der Waals surface area contributed by atoms with E-state index in [1.54, 1.807) is 49.5 Å². The molecule has 2 rings (SSSR count). The molecular weight excluding hydrogens is 377 g/mol. The summed E-state index contributed by atoms with van der Waals surface area (Å²) in [5.41, 5.74) is 1.76. The molecule has 0 radical (unpaired) electrons. The highest BCUT2D eigenvalue weighted by Gasteiger charge is 2.15. The summed E-state index contributed by atoms with van der Waals surface area (Å²) in [6.45, 7) is -0.105. The second-order valence-electron chi connectivity index (χ2n) is 5.38. The van der Waals surface area contributed by atoms with E-state index in [1.807, 2.05) is 0 Å². The number of nitrogens with one attached hydrogen (secondary N) is 1.